The summed E-state index contributed by atoms with van der Waals surface area (Å²) in [4.78, 5) is 15.2. The van der Waals surface area contributed by atoms with Crippen LogP contribution in [0.25, 0.3) is 0 Å². The number of carbonyl (C=O) groups excluding carboxylic acids is 1. The molecule has 0 radical (unpaired) electrons. The van der Waals surface area contributed by atoms with Gasteiger partial charge in [-0.15, -0.1) is 11.6 Å². The first kappa shape index (κ1) is 9.99. The van der Waals surface area contributed by atoms with E-state index in [0.29, 0.717) is 11.4 Å². The lowest BCUT2D eigenvalue weighted by molar-refractivity contribution is 0.0943. The monoisotopic (exact) mass is 198 g/mol. The number of pyridine rings is 1. The quantitative estimate of drug-likeness (QED) is 0.747. The fraction of sp³-hybridized carbons (Fsp3) is 0.333. The Hall–Kier alpha value is -1.09. The first-order chi connectivity index (χ1) is 6.24. The van der Waals surface area contributed by atoms with Crippen LogP contribution in [0.2, 0.25) is 0 Å². The number of hydrogen-bond donors (Lipinski definition) is 1. The van der Waals surface area contributed by atoms with Crippen LogP contribution in [-0.4, -0.2) is 22.8 Å². The van der Waals surface area contributed by atoms with Gasteiger partial charge in [-0.1, -0.05) is 0 Å². The fourth-order valence-electron chi connectivity index (χ4n) is 0.843. The minimum atomic E-state index is -0.138. The van der Waals surface area contributed by atoms with Crippen LogP contribution in [0.5, 0.6) is 0 Å². The minimum absolute atomic E-state index is 0.0191. The van der Waals surface area contributed by atoms with Gasteiger partial charge in [0.05, 0.1) is 5.56 Å². The Morgan fingerprint density at radius 3 is 3.08 bits per heavy atom. The maximum atomic E-state index is 11.4. The second kappa shape index (κ2) is 4.82. The van der Waals surface area contributed by atoms with E-state index in [0.717, 1.165) is 0 Å². The maximum Gasteiger partial charge on any atom is 0.253 e. The Kier molecular flexibility index (Phi) is 3.71. The number of hydrogen-bond acceptors (Lipinski definition) is 2. The minimum Gasteiger partial charge on any atom is -0.348 e. The van der Waals surface area contributed by atoms with E-state index in [2.05, 4.69) is 10.3 Å². The van der Waals surface area contributed by atoms with Crippen molar-refractivity contribution in [2.24, 2.45) is 0 Å². The molecule has 0 aromatic carbocycles. The number of aromatic nitrogens is 1. The standard InChI is InChI=1S/C9H11ClN2O/c1-7(5-10)12-9(13)8-3-2-4-11-6-8/h2-4,6-7H,5H2,1H3,(H,12,13). The fourth-order valence-corrected chi connectivity index (χ4v) is 0.920. The third kappa shape index (κ3) is 3.03. The van der Waals surface area contributed by atoms with E-state index in [9.17, 15) is 4.79 Å². The van der Waals surface area contributed by atoms with E-state index in [4.69, 9.17) is 11.6 Å². The summed E-state index contributed by atoms with van der Waals surface area (Å²) in [6, 6.07) is 3.41. The van der Waals surface area contributed by atoms with Crippen LogP contribution >= 0.6 is 11.6 Å². The molecule has 0 aliphatic rings. The van der Waals surface area contributed by atoms with E-state index in [1.165, 1.54) is 6.20 Å². The summed E-state index contributed by atoms with van der Waals surface area (Å²) in [6.07, 6.45) is 3.15. The number of alkyl halides is 1. The van der Waals surface area contributed by atoms with Crippen LogP contribution in [0.1, 0.15) is 17.3 Å². The van der Waals surface area contributed by atoms with Gasteiger partial charge in [-0.3, -0.25) is 9.78 Å². The highest BCUT2D eigenvalue weighted by Gasteiger charge is 2.07. The largest absolute Gasteiger partial charge is 0.348 e. The van der Waals surface area contributed by atoms with Gasteiger partial charge in [0.1, 0.15) is 0 Å². The highest BCUT2D eigenvalue weighted by molar-refractivity contribution is 6.18. The molecule has 0 spiro atoms. The summed E-state index contributed by atoms with van der Waals surface area (Å²) in [5.41, 5.74) is 0.555. The number of rotatable bonds is 3. The van der Waals surface area contributed by atoms with Crippen LogP contribution in [0, 0.1) is 0 Å². The Bertz CT molecular complexity index is 276. The van der Waals surface area contributed by atoms with Gasteiger partial charge in [-0.05, 0) is 19.1 Å². The van der Waals surface area contributed by atoms with Crippen LogP contribution in [-0.2, 0) is 0 Å². The van der Waals surface area contributed by atoms with E-state index < -0.39 is 0 Å². The van der Waals surface area contributed by atoms with Gasteiger partial charge in [0, 0.05) is 24.3 Å². The zero-order valence-electron chi connectivity index (χ0n) is 7.33. The second-order valence-electron chi connectivity index (χ2n) is 2.77. The first-order valence-corrected chi connectivity index (χ1v) is 4.54. The second-order valence-corrected chi connectivity index (χ2v) is 3.08. The maximum absolute atomic E-state index is 11.4. The predicted molar refractivity (Wildman–Crippen MR) is 51.9 cm³/mol. The Morgan fingerprint density at radius 2 is 2.54 bits per heavy atom. The molecule has 1 amide bonds. The predicted octanol–water partition coefficient (Wildman–Crippen LogP) is 1.44. The van der Waals surface area contributed by atoms with Crippen molar-refractivity contribution in [3.63, 3.8) is 0 Å². The third-order valence-corrected chi connectivity index (χ3v) is 2.00. The molecule has 1 atom stereocenters. The highest BCUT2D eigenvalue weighted by atomic mass is 35.5. The van der Waals surface area contributed by atoms with Gasteiger partial charge in [0.15, 0.2) is 0 Å². The van der Waals surface area contributed by atoms with Gasteiger partial charge >= 0.3 is 0 Å². The van der Waals surface area contributed by atoms with Crippen molar-refractivity contribution in [3.8, 4) is 0 Å². The molecule has 1 aromatic heterocycles. The molecule has 0 aliphatic carbocycles. The lowest BCUT2D eigenvalue weighted by atomic mass is 10.2. The molecule has 0 saturated heterocycles. The molecule has 13 heavy (non-hydrogen) atoms. The van der Waals surface area contributed by atoms with Gasteiger partial charge in [0.25, 0.3) is 5.91 Å². The average molecular weight is 199 g/mol. The van der Waals surface area contributed by atoms with Crippen molar-refractivity contribution in [1.29, 1.82) is 0 Å². The van der Waals surface area contributed by atoms with Crippen molar-refractivity contribution < 1.29 is 4.79 Å². The number of amides is 1. The summed E-state index contributed by atoms with van der Waals surface area (Å²) in [7, 11) is 0. The van der Waals surface area contributed by atoms with Crippen molar-refractivity contribution in [2.45, 2.75) is 13.0 Å². The SMILES string of the molecule is CC(CCl)NC(=O)c1cccnc1. The normalized spacial score (nSPS) is 12.2. The van der Waals surface area contributed by atoms with E-state index >= 15 is 0 Å². The Morgan fingerprint density at radius 1 is 1.77 bits per heavy atom. The number of halogens is 1. The molecule has 70 valence electrons. The highest BCUT2D eigenvalue weighted by Crippen LogP contribution is 1.96. The van der Waals surface area contributed by atoms with Gasteiger partial charge in [-0.2, -0.15) is 0 Å². The summed E-state index contributed by atoms with van der Waals surface area (Å²) in [5.74, 6) is 0.271. The molecular formula is C9H11ClN2O. The van der Waals surface area contributed by atoms with Crippen molar-refractivity contribution in [3.05, 3.63) is 30.1 Å². The Labute approximate surface area is 82.1 Å². The molecule has 4 heteroatoms. The molecule has 3 nitrogen and oxygen atoms in total. The van der Waals surface area contributed by atoms with Crippen molar-refractivity contribution in [2.75, 3.05) is 5.88 Å². The summed E-state index contributed by atoms with van der Waals surface area (Å²) < 4.78 is 0. The van der Waals surface area contributed by atoms with Crippen LogP contribution in [0.4, 0.5) is 0 Å². The molecule has 1 aromatic rings. The summed E-state index contributed by atoms with van der Waals surface area (Å²) >= 11 is 5.55. The molecule has 0 bridgehead atoms. The lowest BCUT2D eigenvalue weighted by Crippen LogP contribution is -2.33. The Balaban J connectivity index is 2.59. The van der Waals surface area contributed by atoms with E-state index in [-0.39, 0.29) is 11.9 Å². The number of carbonyl (C=O) groups is 1. The smallest absolute Gasteiger partial charge is 0.253 e. The lowest BCUT2D eigenvalue weighted by Gasteiger charge is -2.09. The van der Waals surface area contributed by atoms with E-state index in [1.54, 1.807) is 18.3 Å². The molecule has 1 unspecified atom stereocenters. The van der Waals surface area contributed by atoms with Gasteiger partial charge in [0.2, 0.25) is 0 Å². The number of nitrogens with one attached hydrogen (secondary N) is 1. The third-order valence-electron chi connectivity index (χ3n) is 1.53. The average Bonchev–Trinajstić information content (AvgIpc) is 2.19. The molecule has 1 heterocycles. The molecule has 1 rings (SSSR count). The molecule has 1 N–H and O–H groups in total. The molecular weight excluding hydrogens is 188 g/mol. The summed E-state index contributed by atoms with van der Waals surface area (Å²) in [6.45, 7) is 1.85. The zero-order chi connectivity index (χ0) is 9.68. The van der Waals surface area contributed by atoms with Crippen LogP contribution in [0.3, 0.4) is 0 Å². The van der Waals surface area contributed by atoms with Crippen LogP contribution in [0.15, 0.2) is 24.5 Å². The topological polar surface area (TPSA) is 42.0 Å². The number of nitrogens with zero attached hydrogens (tertiary/aromatic N) is 1. The molecule has 0 aliphatic heterocycles. The van der Waals surface area contributed by atoms with E-state index in [1.807, 2.05) is 6.92 Å². The zero-order valence-corrected chi connectivity index (χ0v) is 8.08. The molecule has 0 saturated carbocycles. The van der Waals surface area contributed by atoms with Crippen molar-refractivity contribution >= 4 is 17.5 Å². The summed E-state index contributed by atoms with van der Waals surface area (Å²) in [5, 5.41) is 2.73. The van der Waals surface area contributed by atoms with Gasteiger partial charge < -0.3 is 5.32 Å². The van der Waals surface area contributed by atoms with Crippen LogP contribution < -0.4 is 5.32 Å². The first-order valence-electron chi connectivity index (χ1n) is 4.01. The molecule has 0 fully saturated rings. The van der Waals surface area contributed by atoms with Crippen molar-refractivity contribution in [1.82, 2.24) is 10.3 Å². The van der Waals surface area contributed by atoms with Gasteiger partial charge in [-0.25, -0.2) is 0 Å².